The number of rotatable bonds is 5. The molecule has 1 aliphatic carbocycles. The van der Waals surface area contributed by atoms with Gasteiger partial charge >= 0.3 is 0 Å². The maximum absolute atomic E-state index is 12.4. The molecule has 0 aromatic heterocycles. The molecule has 1 heterocycles. The summed E-state index contributed by atoms with van der Waals surface area (Å²) in [5, 5.41) is 3.14. The summed E-state index contributed by atoms with van der Waals surface area (Å²) in [6.07, 6.45) is 6.92. The SMILES string of the molecule is CNCC1CCN(S(=O)(=O)CC2CCCCC2)C1.Cl. The van der Waals surface area contributed by atoms with Gasteiger partial charge in [0.25, 0.3) is 0 Å². The Hall–Kier alpha value is 0.160. The van der Waals surface area contributed by atoms with Crippen LogP contribution in [0.15, 0.2) is 0 Å². The largest absolute Gasteiger partial charge is 0.319 e. The number of sulfonamides is 1. The Balaban J connectivity index is 0.00000180. The number of nitrogens with one attached hydrogen (secondary N) is 1. The maximum Gasteiger partial charge on any atom is 0.214 e. The van der Waals surface area contributed by atoms with E-state index in [1.54, 1.807) is 4.31 Å². The fourth-order valence-electron chi connectivity index (χ4n) is 3.26. The zero-order valence-corrected chi connectivity index (χ0v) is 13.4. The van der Waals surface area contributed by atoms with Crippen LogP contribution in [0.2, 0.25) is 0 Å². The number of halogens is 1. The third-order valence-electron chi connectivity index (χ3n) is 4.31. The molecule has 19 heavy (non-hydrogen) atoms. The molecule has 0 spiro atoms. The highest BCUT2D eigenvalue weighted by molar-refractivity contribution is 7.89. The Kier molecular flexibility index (Phi) is 7.08. The zero-order valence-electron chi connectivity index (χ0n) is 11.8. The Morgan fingerprint density at radius 2 is 1.79 bits per heavy atom. The van der Waals surface area contributed by atoms with Gasteiger partial charge in [0.15, 0.2) is 0 Å². The maximum atomic E-state index is 12.4. The van der Waals surface area contributed by atoms with E-state index in [4.69, 9.17) is 0 Å². The van der Waals surface area contributed by atoms with Crippen LogP contribution in [0, 0.1) is 11.8 Å². The molecule has 0 radical (unpaired) electrons. The van der Waals surface area contributed by atoms with Crippen LogP contribution in [0.4, 0.5) is 0 Å². The van der Waals surface area contributed by atoms with Gasteiger partial charge in [-0.3, -0.25) is 0 Å². The van der Waals surface area contributed by atoms with Gasteiger partial charge in [-0.05, 0) is 44.7 Å². The summed E-state index contributed by atoms with van der Waals surface area (Å²) in [5.74, 6) is 1.29. The van der Waals surface area contributed by atoms with Crippen molar-refractivity contribution in [1.29, 1.82) is 0 Å². The lowest BCUT2D eigenvalue weighted by atomic mass is 9.91. The Labute approximate surface area is 123 Å². The molecule has 0 aromatic carbocycles. The smallest absolute Gasteiger partial charge is 0.214 e. The Morgan fingerprint density at radius 3 is 2.42 bits per heavy atom. The minimum absolute atomic E-state index is 0. The molecule has 0 bridgehead atoms. The van der Waals surface area contributed by atoms with E-state index in [9.17, 15) is 8.42 Å². The monoisotopic (exact) mass is 310 g/mol. The highest BCUT2D eigenvalue weighted by Gasteiger charge is 2.32. The molecule has 0 aromatic rings. The first kappa shape index (κ1) is 17.2. The van der Waals surface area contributed by atoms with E-state index < -0.39 is 10.0 Å². The lowest BCUT2D eigenvalue weighted by Crippen LogP contribution is -2.35. The van der Waals surface area contributed by atoms with E-state index in [0.29, 0.717) is 17.6 Å². The number of hydrogen-bond acceptors (Lipinski definition) is 3. The van der Waals surface area contributed by atoms with Crippen molar-refractivity contribution in [3.8, 4) is 0 Å². The quantitative estimate of drug-likeness (QED) is 0.843. The van der Waals surface area contributed by atoms with E-state index in [0.717, 1.165) is 38.9 Å². The van der Waals surface area contributed by atoms with Crippen LogP contribution in [-0.2, 0) is 10.0 Å². The molecule has 1 saturated heterocycles. The van der Waals surface area contributed by atoms with Gasteiger partial charge in [-0.25, -0.2) is 12.7 Å². The number of nitrogens with zero attached hydrogens (tertiary/aromatic N) is 1. The first-order chi connectivity index (χ1) is 8.62. The molecule has 4 nitrogen and oxygen atoms in total. The normalized spacial score (nSPS) is 26.3. The molecule has 6 heteroatoms. The van der Waals surface area contributed by atoms with Gasteiger partial charge in [0.1, 0.15) is 0 Å². The van der Waals surface area contributed by atoms with Crippen molar-refractivity contribution in [3.63, 3.8) is 0 Å². The van der Waals surface area contributed by atoms with Crippen molar-refractivity contribution >= 4 is 22.4 Å². The summed E-state index contributed by atoms with van der Waals surface area (Å²) < 4.78 is 26.4. The van der Waals surface area contributed by atoms with Crippen molar-refractivity contribution in [3.05, 3.63) is 0 Å². The van der Waals surface area contributed by atoms with Gasteiger partial charge in [-0.2, -0.15) is 0 Å². The van der Waals surface area contributed by atoms with Crippen LogP contribution < -0.4 is 5.32 Å². The molecule has 2 rings (SSSR count). The van der Waals surface area contributed by atoms with Gasteiger partial charge in [0.2, 0.25) is 10.0 Å². The lowest BCUT2D eigenvalue weighted by Gasteiger charge is -2.24. The minimum Gasteiger partial charge on any atom is -0.319 e. The summed E-state index contributed by atoms with van der Waals surface area (Å²) in [6.45, 7) is 2.37. The Bertz CT molecular complexity index is 356. The number of hydrogen-bond donors (Lipinski definition) is 1. The van der Waals surface area contributed by atoms with Crippen LogP contribution in [0.3, 0.4) is 0 Å². The van der Waals surface area contributed by atoms with E-state index >= 15 is 0 Å². The lowest BCUT2D eigenvalue weighted by molar-refractivity contribution is 0.374. The highest BCUT2D eigenvalue weighted by Crippen LogP contribution is 2.27. The molecule has 114 valence electrons. The van der Waals surface area contributed by atoms with Crippen LogP contribution in [0.1, 0.15) is 38.5 Å². The third-order valence-corrected chi connectivity index (χ3v) is 6.32. The summed E-state index contributed by atoms with van der Waals surface area (Å²) in [5.41, 5.74) is 0. The van der Waals surface area contributed by atoms with E-state index in [-0.39, 0.29) is 12.4 Å². The third kappa shape index (κ3) is 4.88. The van der Waals surface area contributed by atoms with Crippen molar-refractivity contribution in [2.24, 2.45) is 11.8 Å². The van der Waals surface area contributed by atoms with Gasteiger partial charge in [-0.15, -0.1) is 12.4 Å². The summed E-state index contributed by atoms with van der Waals surface area (Å²) in [4.78, 5) is 0. The van der Waals surface area contributed by atoms with E-state index in [1.807, 2.05) is 7.05 Å². The molecule has 2 aliphatic rings. The standard InChI is InChI=1S/C13H26N2O2S.ClH/c1-14-9-13-7-8-15(10-13)18(16,17)11-12-5-3-2-4-6-12;/h12-14H,2-11H2,1H3;1H. The molecular formula is C13H27ClN2O2S. The fraction of sp³-hybridized carbons (Fsp3) is 1.00. The average Bonchev–Trinajstić information content (AvgIpc) is 2.80. The topological polar surface area (TPSA) is 49.4 Å². The molecule has 2 fully saturated rings. The first-order valence-electron chi connectivity index (χ1n) is 7.24. The van der Waals surface area contributed by atoms with Crippen molar-refractivity contribution < 1.29 is 8.42 Å². The van der Waals surface area contributed by atoms with Crippen molar-refractivity contribution in [1.82, 2.24) is 9.62 Å². The van der Waals surface area contributed by atoms with E-state index in [2.05, 4.69) is 5.32 Å². The fourth-order valence-corrected chi connectivity index (χ4v) is 5.22. The molecule has 1 N–H and O–H groups in total. The zero-order chi connectivity index (χ0) is 13.0. The van der Waals surface area contributed by atoms with E-state index in [1.165, 1.54) is 19.3 Å². The first-order valence-corrected chi connectivity index (χ1v) is 8.85. The second-order valence-electron chi connectivity index (χ2n) is 5.85. The second kappa shape index (κ2) is 7.81. The molecule has 0 amide bonds. The summed E-state index contributed by atoms with van der Waals surface area (Å²) in [6, 6.07) is 0. The van der Waals surface area contributed by atoms with Crippen LogP contribution in [-0.4, -0.2) is 45.2 Å². The second-order valence-corrected chi connectivity index (χ2v) is 7.87. The van der Waals surface area contributed by atoms with Crippen molar-refractivity contribution in [2.75, 3.05) is 32.4 Å². The molecule has 1 atom stereocenters. The average molecular weight is 311 g/mol. The van der Waals surface area contributed by atoms with Gasteiger partial charge in [-0.1, -0.05) is 19.3 Å². The van der Waals surface area contributed by atoms with Gasteiger partial charge in [0, 0.05) is 13.1 Å². The van der Waals surface area contributed by atoms with Gasteiger partial charge in [0.05, 0.1) is 5.75 Å². The summed E-state index contributed by atoms with van der Waals surface area (Å²) in [7, 11) is -1.08. The molecule has 1 saturated carbocycles. The molecular weight excluding hydrogens is 284 g/mol. The predicted octanol–water partition coefficient (Wildman–Crippen LogP) is 1.86. The van der Waals surface area contributed by atoms with Crippen LogP contribution in [0.5, 0.6) is 0 Å². The van der Waals surface area contributed by atoms with Crippen molar-refractivity contribution in [2.45, 2.75) is 38.5 Å². The van der Waals surface area contributed by atoms with Crippen LogP contribution in [0.25, 0.3) is 0 Å². The Morgan fingerprint density at radius 1 is 1.11 bits per heavy atom. The highest BCUT2D eigenvalue weighted by atomic mass is 35.5. The van der Waals surface area contributed by atoms with Gasteiger partial charge < -0.3 is 5.32 Å². The van der Waals surface area contributed by atoms with Crippen LogP contribution >= 0.6 is 12.4 Å². The summed E-state index contributed by atoms with van der Waals surface area (Å²) >= 11 is 0. The predicted molar refractivity (Wildman–Crippen MR) is 81.2 cm³/mol. The molecule has 1 unspecified atom stereocenters. The molecule has 1 aliphatic heterocycles. The minimum atomic E-state index is -3.01.